The average Bonchev–Trinajstić information content (AvgIpc) is 2.83. The molecule has 21 heavy (non-hydrogen) atoms. The van der Waals surface area contributed by atoms with E-state index in [0.29, 0.717) is 23.7 Å². The number of hydrogen-bond acceptors (Lipinski definition) is 6. The summed E-state index contributed by atoms with van der Waals surface area (Å²) < 4.78 is 0. The molecule has 0 aliphatic heterocycles. The van der Waals surface area contributed by atoms with Crippen molar-refractivity contribution >= 4 is 16.5 Å². The van der Waals surface area contributed by atoms with Gasteiger partial charge in [-0.1, -0.05) is 24.3 Å². The maximum atomic E-state index is 10.1. The summed E-state index contributed by atoms with van der Waals surface area (Å²) in [5.74, 6) is 0. The lowest BCUT2D eigenvalue weighted by atomic mass is 10.00. The summed E-state index contributed by atoms with van der Waals surface area (Å²) in [6.45, 7) is 2.64. The Balaban J connectivity index is 2.13. The van der Waals surface area contributed by atoms with Crippen LogP contribution in [0.4, 0.5) is 5.13 Å². The first-order valence-corrected chi connectivity index (χ1v) is 7.68. The molecule has 0 fully saturated rings. The number of nitrogens with one attached hydrogen (secondary N) is 1. The Morgan fingerprint density at radius 2 is 1.95 bits per heavy atom. The molecule has 6 heteroatoms. The normalized spacial score (nSPS) is 14.1. The largest absolute Gasteiger partial charge is 0.390 e. The number of aryl methyl sites for hydroxylation is 1. The molecule has 5 N–H and O–H groups in total. The molecule has 2 rings (SSSR count). The molecular formula is C15H21N3O2S. The van der Waals surface area contributed by atoms with Crippen molar-refractivity contribution in [2.45, 2.75) is 25.6 Å². The first-order valence-electron chi connectivity index (χ1n) is 6.87. The van der Waals surface area contributed by atoms with Gasteiger partial charge in [-0.25, -0.2) is 4.98 Å². The van der Waals surface area contributed by atoms with Gasteiger partial charge in [0.2, 0.25) is 0 Å². The Hall–Kier alpha value is -1.47. The molecule has 114 valence electrons. The average molecular weight is 307 g/mol. The maximum absolute atomic E-state index is 10.1. The number of aromatic nitrogens is 1. The summed E-state index contributed by atoms with van der Waals surface area (Å²) in [6.07, 6.45) is -1.16. The van der Waals surface area contributed by atoms with Crippen LogP contribution in [0.15, 0.2) is 24.3 Å². The fourth-order valence-electron chi connectivity index (χ4n) is 2.20. The van der Waals surface area contributed by atoms with E-state index in [1.807, 2.05) is 38.2 Å². The van der Waals surface area contributed by atoms with Gasteiger partial charge in [0.25, 0.3) is 0 Å². The molecule has 1 aromatic heterocycles. The number of nitrogens with two attached hydrogens (primary N) is 1. The summed E-state index contributed by atoms with van der Waals surface area (Å²) in [4.78, 5) is 5.37. The molecule has 2 atom stereocenters. The topological polar surface area (TPSA) is 91.4 Å². The SMILES string of the molecule is CNCCC(O)C(O)c1ccc(-c2nc(N)sc2C)cc1. The molecule has 2 unspecified atom stereocenters. The van der Waals surface area contributed by atoms with Gasteiger partial charge in [-0.3, -0.25) is 0 Å². The molecule has 0 saturated carbocycles. The van der Waals surface area contributed by atoms with Gasteiger partial charge in [0.15, 0.2) is 5.13 Å². The molecule has 1 heterocycles. The van der Waals surface area contributed by atoms with E-state index >= 15 is 0 Å². The van der Waals surface area contributed by atoms with Crippen LogP contribution in [0, 0.1) is 6.92 Å². The molecule has 5 nitrogen and oxygen atoms in total. The minimum atomic E-state index is -0.881. The van der Waals surface area contributed by atoms with Gasteiger partial charge in [0, 0.05) is 10.4 Å². The first-order chi connectivity index (χ1) is 10.0. The summed E-state index contributed by atoms with van der Waals surface area (Å²) in [6, 6.07) is 7.42. The predicted molar refractivity (Wildman–Crippen MR) is 86.2 cm³/mol. The molecule has 0 aliphatic carbocycles. The Labute approximate surface area is 128 Å². The van der Waals surface area contributed by atoms with Crippen molar-refractivity contribution < 1.29 is 10.2 Å². The predicted octanol–water partition coefficient (Wildman–Crippen LogP) is 1.70. The van der Waals surface area contributed by atoms with Crippen molar-refractivity contribution in [3.05, 3.63) is 34.7 Å². The van der Waals surface area contributed by atoms with Crippen LogP contribution in [0.3, 0.4) is 0 Å². The van der Waals surface area contributed by atoms with Crippen LogP contribution in [0.5, 0.6) is 0 Å². The third-order valence-corrected chi connectivity index (χ3v) is 4.19. The number of hydrogen-bond donors (Lipinski definition) is 4. The van der Waals surface area contributed by atoms with E-state index in [9.17, 15) is 10.2 Å². The molecule has 0 bridgehead atoms. The zero-order chi connectivity index (χ0) is 15.4. The number of benzene rings is 1. The quantitative estimate of drug-likeness (QED) is 0.652. The highest BCUT2D eigenvalue weighted by Crippen LogP contribution is 2.30. The van der Waals surface area contributed by atoms with Crippen LogP contribution < -0.4 is 11.1 Å². The van der Waals surface area contributed by atoms with Crippen molar-refractivity contribution in [3.8, 4) is 11.3 Å². The minimum Gasteiger partial charge on any atom is -0.390 e. The Bertz CT molecular complexity index is 583. The molecular weight excluding hydrogens is 286 g/mol. The number of aliphatic hydroxyl groups excluding tert-OH is 2. The molecule has 0 radical (unpaired) electrons. The van der Waals surface area contributed by atoms with Gasteiger partial charge >= 0.3 is 0 Å². The standard InChI is InChI=1S/C15H21N3O2S/c1-9-13(18-15(16)21-9)10-3-5-11(6-4-10)14(20)12(19)7-8-17-2/h3-6,12,14,17,19-20H,7-8H2,1-2H3,(H2,16,18). The summed E-state index contributed by atoms with van der Waals surface area (Å²) >= 11 is 1.46. The summed E-state index contributed by atoms with van der Waals surface area (Å²) in [5, 5.41) is 23.5. The number of nitrogens with zero attached hydrogens (tertiary/aromatic N) is 1. The van der Waals surface area contributed by atoms with E-state index in [1.165, 1.54) is 11.3 Å². The molecule has 0 amide bonds. The van der Waals surface area contributed by atoms with E-state index < -0.39 is 12.2 Å². The van der Waals surface area contributed by atoms with Crippen molar-refractivity contribution in [1.29, 1.82) is 0 Å². The smallest absolute Gasteiger partial charge is 0.180 e. The number of anilines is 1. The van der Waals surface area contributed by atoms with E-state index in [-0.39, 0.29) is 0 Å². The van der Waals surface area contributed by atoms with Gasteiger partial charge < -0.3 is 21.3 Å². The highest BCUT2D eigenvalue weighted by atomic mass is 32.1. The van der Waals surface area contributed by atoms with Crippen LogP contribution in [0.1, 0.15) is 23.0 Å². The maximum Gasteiger partial charge on any atom is 0.180 e. The van der Waals surface area contributed by atoms with E-state index in [2.05, 4.69) is 10.3 Å². The Kier molecular flexibility index (Phi) is 5.30. The molecule has 0 spiro atoms. The highest BCUT2D eigenvalue weighted by Gasteiger charge is 2.18. The lowest BCUT2D eigenvalue weighted by Gasteiger charge is -2.18. The number of rotatable bonds is 6. The lowest BCUT2D eigenvalue weighted by Crippen LogP contribution is -2.23. The first kappa shape index (κ1) is 15.9. The van der Waals surface area contributed by atoms with Gasteiger partial charge in [-0.15, -0.1) is 11.3 Å². The molecule has 0 aliphatic rings. The molecule has 0 saturated heterocycles. The number of nitrogen functional groups attached to an aromatic ring is 1. The van der Waals surface area contributed by atoms with Crippen molar-refractivity contribution in [1.82, 2.24) is 10.3 Å². The second-order valence-corrected chi connectivity index (χ2v) is 6.22. The molecule has 2 aromatic rings. The second kappa shape index (κ2) is 7.00. The lowest BCUT2D eigenvalue weighted by molar-refractivity contribution is 0.0140. The van der Waals surface area contributed by atoms with Gasteiger partial charge in [-0.2, -0.15) is 0 Å². The van der Waals surface area contributed by atoms with Crippen LogP contribution >= 0.6 is 11.3 Å². The van der Waals surface area contributed by atoms with Gasteiger partial charge in [-0.05, 0) is 32.5 Å². The highest BCUT2D eigenvalue weighted by molar-refractivity contribution is 7.15. The fourth-order valence-corrected chi connectivity index (χ4v) is 2.91. The van der Waals surface area contributed by atoms with E-state index in [0.717, 1.165) is 16.1 Å². The third kappa shape index (κ3) is 3.79. The molecule has 1 aromatic carbocycles. The second-order valence-electron chi connectivity index (χ2n) is 4.98. The fraction of sp³-hybridized carbons (Fsp3) is 0.400. The van der Waals surface area contributed by atoms with Crippen molar-refractivity contribution in [3.63, 3.8) is 0 Å². The number of aliphatic hydroxyl groups is 2. The van der Waals surface area contributed by atoms with Gasteiger partial charge in [0.05, 0.1) is 11.8 Å². The van der Waals surface area contributed by atoms with Gasteiger partial charge in [0.1, 0.15) is 6.10 Å². The van der Waals surface area contributed by atoms with E-state index in [4.69, 9.17) is 5.73 Å². The van der Waals surface area contributed by atoms with Crippen LogP contribution in [0.2, 0.25) is 0 Å². The third-order valence-electron chi connectivity index (χ3n) is 3.39. The minimum absolute atomic E-state index is 0.501. The number of thiazole rings is 1. The van der Waals surface area contributed by atoms with Crippen molar-refractivity contribution in [2.75, 3.05) is 19.3 Å². The van der Waals surface area contributed by atoms with Crippen molar-refractivity contribution in [2.24, 2.45) is 0 Å². The Morgan fingerprint density at radius 3 is 2.48 bits per heavy atom. The van der Waals surface area contributed by atoms with Crippen LogP contribution in [-0.2, 0) is 0 Å². The summed E-state index contributed by atoms with van der Waals surface area (Å²) in [5.41, 5.74) is 8.24. The van der Waals surface area contributed by atoms with Crippen LogP contribution in [0.25, 0.3) is 11.3 Å². The zero-order valence-electron chi connectivity index (χ0n) is 12.2. The zero-order valence-corrected chi connectivity index (χ0v) is 13.0. The summed E-state index contributed by atoms with van der Waals surface area (Å²) in [7, 11) is 1.82. The van der Waals surface area contributed by atoms with Crippen LogP contribution in [-0.4, -0.2) is 34.9 Å². The Morgan fingerprint density at radius 1 is 1.29 bits per heavy atom. The van der Waals surface area contributed by atoms with E-state index in [1.54, 1.807) is 0 Å². The monoisotopic (exact) mass is 307 g/mol.